The number of ether oxygens (including phenoxy) is 23. The topological polar surface area (TPSA) is 332 Å². The lowest BCUT2D eigenvalue weighted by Gasteiger charge is -2.30. The second-order valence-corrected chi connectivity index (χ2v) is 36.3. The fourth-order valence-corrected chi connectivity index (χ4v) is 19.2. The van der Waals surface area contributed by atoms with E-state index in [1.54, 1.807) is 34.6 Å². The Kier molecular flexibility index (Phi) is 38.4. The first kappa shape index (κ1) is 104. The summed E-state index contributed by atoms with van der Waals surface area (Å²) in [6.45, 7) is 37.5. The molecule has 0 aromatic rings. The zero-order chi connectivity index (χ0) is 87.6. The second-order valence-electron chi connectivity index (χ2n) is 36.3. The Morgan fingerprint density at radius 1 is 0.302 bits per heavy atom. The van der Waals surface area contributed by atoms with Gasteiger partial charge in [0, 0.05) is 137 Å². The van der Waals surface area contributed by atoms with E-state index < -0.39 is 107 Å². The number of carbonyl (C=O) groups is 7. The van der Waals surface area contributed by atoms with Gasteiger partial charge in [0.15, 0.2) is 70.9 Å². The fourth-order valence-electron chi connectivity index (χ4n) is 19.2. The highest BCUT2D eigenvalue weighted by Gasteiger charge is 2.58. The number of hydrogen-bond acceptors (Lipinski definition) is 30. The molecule has 8 heterocycles. The van der Waals surface area contributed by atoms with E-state index in [1.807, 2.05) is 0 Å². The Bertz CT molecular complexity index is 3600. The van der Waals surface area contributed by atoms with Crippen molar-refractivity contribution in [1.29, 1.82) is 0 Å². The van der Waals surface area contributed by atoms with Crippen molar-refractivity contribution in [1.82, 2.24) is 0 Å². The summed E-state index contributed by atoms with van der Waals surface area (Å²) < 4.78 is 134. The van der Waals surface area contributed by atoms with Crippen molar-refractivity contribution in [3.63, 3.8) is 0 Å². The highest BCUT2D eigenvalue weighted by Crippen LogP contribution is 2.50. The van der Waals surface area contributed by atoms with Crippen LogP contribution in [0.25, 0.3) is 0 Å². The molecule has 712 valence electrons. The van der Waals surface area contributed by atoms with Crippen molar-refractivity contribution < 1.29 is 143 Å². The summed E-state index contributed by atoms with van der Waals surface area (Å²) in [6, 6.07) is 0. The van der Waals surface area contributed by atoms with Crippen LogP contribution in [0.15, 0.2) is 85.3 Å². The number of carbonyl (C=O) groups excluding carboxylic acids is 7. The Labute approximate surface area is 746 Å². The molecule has 16 aliphatic rings. The SMILES string of the molecule is C.C.C.C=C(C)C(=O)OC(C1COC2(CCCC2)O1)C1COC2(CCCC2)O1.C=C(C)C(=O)OCC(=O)C(C1COC2(CCCC2)O1)C1COC2(CCCC2)O1.C=C(C)C(=O)OCCC(=O)OC(C1COC2(CCCC2)O1)C1COC2(CCCC2)O1.C=C(CCOC(=O)C(=C)C)OCC1COC2(CCCC2)O1.C=C(COC(=O)C(=C)C)CC1COC2(CCCC2)O1. The molecule has 0 amide bonds. The van der Waals surface area contributed by atoms with Crippen LogP contribution in [0.3, 0.4) is 0 Å². The van der Waals surface area contributed by atoms with Gasteiger partial charge in [0.25, 0.3) is 0 Å². The molecule has 8 saturated carbocycles. The molecule has 0 radical (unpaired) electrons. The molecule has 30 heteroatoms. The van der Waals surface area contributed by atoms with Crippen molar-refractivity contribution in [2.24, 2.45) is 5.92 Å². The summed E-state index contributed by atoms with van der Waals surface area (Å²) in [5.74, 6) is -6.91. The summed E-state index contributed by atoms with van der Waals surface area (Å²) in [4.78, 5) is 83.5. The van der Waals surface area contributed by atoms with Crippen LogP contribution in [0.5, 0.6) is 0 Å². The predicted molar refractivity (Wildman–Crippen MR) is 461 cm³/mol. The standard InChI is InChI=1S/C22H32O8.C21H30O7.C19H28O6.C16H24O5.C15H22O4.3CH4/c1-15(2)20(24)25-12-7-18(23)28-19(16-13-26-21(29-16)8-3-4-9-21)17-14-27-22(30-17)10-5-6-11-22;1-14(2)19(23)24-11-15(22)18(16-12-25-20(27-16)7-3-4-8-20)17-13-26-21(28-17)9-5-6-10-21;1-13(2)17(20)23-16(14-11-21-18(24-14)7-3-4-8-18)15-12-22-19(25-15)9-5-6-10-19;1-12(2)15(17)18-9-6-13(3)19-10-14-11-20-16(21-14)7-4-5-8-16;1-11(2)14(16)17-9-12(3)8-13-10-18-15(19-13)6-4-5-7-15;;;/h16-17,19H,1,3-14H2,2H3;16-18H,1,3-13H2,2H3;14-16H,1,3-12H2,2H3;14H,1,3-11H2,2H3;13H,1,3-10H2,2H3;3*1H4. The van der Waals surface area contributed by atoms with E-state index in [9.17, 15) is 33.6 Å². The van der Waals surface area contributed by atoms with E-state index in [4.69, 9.17) is 109 Å². The van der Waals surface area contributed by atoms with Gasteiger partial charge in [-0.05, 0) is 149 Å². The summed E-state index contributed by atoms with van der Waals surface area (Å²) in [5, 5.41) is 0. The van der Waals surface area contributed by atoms with Gasteiger partial charge in [-0.25, -0.2) is 24.0 Å². The first-order valence-corrected chi connectivity index (χ1v) is 45.3. The molecule has 8 saturated heterocycles. The van der Waals surface area contributed by atoms with Gasteiger partial charge in [-0.1, -0.05) is 68.3 Å². The molecule has 16 rings (SSSR count). The third kappa shape index (κ3) is 27.7. The van der Waals surface area contributed by atoms with Crippen molar-refractivity contribution in [3.05, 3.63) is 85.3 Å². The van der Waals surface area contributed by atoms with E-state index in [0.29, 0.717) is 94.8 Å². The predicted octanol–water partition coefficient (Wildman–Crippen LogP) is 15.6. The molecule has 0 aromatic heterocycles. The van der Waals surface area contributed by atoms with Crippen LogP contribution in [0.4, 0.5) is 0 Å². The molecule has 0 N–H and O–H groups in total. The molecular weight excluding hydrogens is 1630 g/mol. The van der Waals surface area contributed by atoms with Crippen LogP contribution < -0.4 is 0 Å². The minimum atomic E-state index is -0.630. The van der Waals surface area contributed by atoms with E-state index in [2.05, 4.69) is 46.1 Å². The number of rotatable bonds is 29. The average molecular weight is 1780 g/mol. The Balaban J connectivity index is 0.000000179. The monoisotopic (exact) mass is 1780 g/mol. The average Bonchev–Trinajstić information content (AvgIpc) is 1.63. The van der Waals surface area contributed by atoms with E-state index in [1.165, 1.54) is 12.8 Å². The molecule has 8 atom stereocenters. The van der Waals surface area contributed by atoms with Gasteiger partial charge in [0.05, 0.1) is 95.9 Å². The molecule has 0 bridgehead atoms. The Morgan fingerprint density at radius 2 is 0.563 bits per heavy atom. The maximum atomic E-state index is 13.1. The van der Waals surface area contributed by atoms with E-state index in [-0.39, 0.29) is 114 Å². The zero-order valence-corrected chi connectivity index (χ0v) is 73.5. The summed E-state index contributed by atoms with van der Waals surface area (Å²) in [7, 11) is 0. The van der Waals surface area contributed by atoms with Gasteiger partial charge in [0.1, 0.15) is 50.3 Å². The van der Waals surface area contributed by atoms with Crippen molar-refractivity contribution in [3.8, 4) is 0 Å². The number of esters is 6. The van der Waals surface area contributed by atoms with Crippen molar-refractivity contribution in [2.45, 2.75) is 389 Å². The molecule has 8 aliphatic heterocycles. The fraction of sp³-hybridized carbons (Fsp3) is 0.781. The quantitative estimate of drug-likeness (QED) is 0.0221. The van der Waals surface area contributed by atoms with E-state index in [0.717, 1.165) is 198 Å². The lowest BCUT2D eigenvalue weighted by atomic mass is 9.92. The van der Waals surface area contributed by atoms with Gasteiger partial charge < -0.3 is 109 Å². The second kappa shape index (κ2) is 46.8. The Morgan fingerprint density at radius 3 is 0.897 bits per heavy atom. The van der Waals surface area contributed by atoms with Gasteiger partial charge in [-0.15, -0.1) is 0 Å². The van der Waals surface area contributed by atoms with Crippen LogP contribution in [0.1, 0.15) is 282 Å². The van der Waals surface area contributed by atoms with Crippen LogP contribution in [0.2, 0.25) is 0 Å². The van der Waals surface area contributed by atoms with Gasteiger partial charge in [-0.3, -0.25) is 9.59 Å². The molecule has 126 heavy (non-hydrogen) atoms. The number of ketones is 1. The normalized spacial score (nSPS) is 28.5. The molecule has 30 nitrogen and oxygen atoms in total. The maximum absolute atomic E-state index is 13.1. The minimum absolute atomic E-state index is 0. The first-order chi connectivity index (χ1) is 58.8. The number of hydrogen-bond donors (Lipinski definition) is 0. The van der Waals surface area contributed by atoms with Gasteiger partial charge in [-0.2, -0.15) is 0 Å². The first-order valence-electron chi connectivity index (χ1n) is 45.3. The molecule has 8 aliphatic carbocycles. The minimum Gasteiger partial charge on any atom is -0.496 e. The summed E-state index contributed by atoms with van der Waals surface area (Å²) >= 11 is 0. The molecule has 0 aromatic carbocycles. The van der Waals surface area contributed by atoms with Crippen LogP contribution in [0, 0.1) is 5.92 Å². The summed E-state index contributed by atoms with van der Waals surface area (Å²) in [6.07, 6.45) is 29.6. The highest BCUT2D eigenvalue weighted by molar-refractivity contribution is 5.91. The van der Waals surface area contributed by atoms with Crippen LogP contribution in [-0.4, -0.2) is 235 Å². The van der Waals surface area contributed by atoms with Gasteiger partial charge >= 0.3 is 35.8 Å². The Hall–Kier alpha value is -6.17. The highest BCUT2D eigenvalue weighted by atomic mass is 16.8. The smallest absolute Gasteiger partial charge is 0.333 e. The van der Waals surface area contributed by atoms with Crippen LogP contribution in [-0.2, 0) is 143 Å². The lowest BCUT2D eigenvalue weighted by Crippen LogP contribution is -2.45. The maximum Gasteiger partial charge on any atom is 0.333 e. The lowest BCUT2D eigenvalue weighted by molar-refractivity contribution is -0.207. The van der Waals surface area contributed by atoms with Crippen LogP contribution >= 0.6 is 0 Å². The third-order valence-corrected chi connectivity index (χ3v) is 25.8. The third-order valence-electron chi connectivity index (χ3n) is 25.8. The zero-order valence-electron chi connectivity index (χ0n) is 73.5. The summed E-state index contributed by atoms with van der Waals surface area (Å²) in [5.41, 5.74) is 2.56. The van der Waals surface area contributed by atoms with Crippen molar-refractivity contribution in [2.75, 3.05) is 85.9 Å². The number of Topliss-reactive ketones (excluding diaryl/α,β-unsaturated/α-hetero) is 1. The molecule has 8 unspecified atom stereocenters. The van der Waals surface area contributed by atoms with Crippen molar-refractivity contribution >= 4 is 41.6 Å². The molecule has 16 fully saturated rings. The molecular formula is C96H148O30. The van der Waals surface area contributed by atoms with E-state index >= 15 is 0 Å². The van der Waals surface area contributed by atoms with Gasteiger partial charge in [0.2, 0.25) is 0 Å². The largest absolute Gasteiger partial charge is 0.496 e. The molecule has 8 spiro atoms.